The summed E-state index contributed by atoms with van der Waals surface area (Å²) in [5, 5.41) is 20.9. The minimum Gasteiger partial charge on any atom is -0.463 e. The van der Waals surface area contributed by atoms with Gasteiger partial charge in [-0.25, -0.2) is 4.79 Å². The second-order valence-corrected chi connectivity index (χ2v) is 7.27. The van der Waals surface area contributed by atoms with Gasteiger partial charge in [0.05, 0.1) is 18.1 Å². The molecule has 0 unspecified atom stereocenters. The number of rotatable bonds is 3. The molecule has 0 spiro atoms. The Bertz CT molecular complexity index is 1260. The van der Waals surface area contributed by atoms with E-state index in [1.807, 2.05) is 14.0 Å². The van der Waals surface area contributed by atoms with Crippen molar-refractivity contribution < 1.29 is 14.7 Å². The molecule has 0 radical (unpaired) electrons. The number of anilines is 1. The highest BCUT2D eigenvalue weighted by Crippen LogP contribution is 2.29. The molecule has 2 N–H and O–H groups in total. The second-order valence-electron chi connectivity index (χ2n) is 6.36. The van der Waals surface area contributed by atoms with E-state index in [4.69, 9.17) is 0 Å². The van der Waals surface area contributed by atoms with Gasteiger partial charge in [0, 0.05) is 33.7 Å². The molecule has 0 saturated heterocycles. The number of hydrogen-bond acceptors (Lipinski definition) is 5. The number of pyridine rings is 1. The number of nitrogens with zero attached hydrogens (tertiary/aromatic N) is 5. The first-order valence-corrected chi connectivity index (χ1v) is 9.32. The molecule has 1 aromatic carbocycles. The summed E-state index contributed by atoms with van der Waals surface area (Å²) in [5.74, 6) is -0.258. The number of halogens is 1. The third-order valence-corrected chi connectivity index (χ3v) is 5.13. The number of aromatic nitrogens is 5. The Hall–Kier alpha value is -3.53. The van der Waals surface area contributed by atoms with Gasteiger partial charge < -0.3 is 10.4 Å². The van der Waals surface area contributed by atoms with Gasteiger partial charge in [0.25, 0.3) is 5.91 Å². The zero-order chi connectivity index (χ0) is 20.7. The van der Waals surface area contributed by atoms with E-state index in [-0.39, 0.29) is 11.3 Å². The number of carboxylic acid groups (broad SMARTS) is 1. The van der Waals surface area contributed by atoms with Crippen LogP contribution in [0.2, 0.25) is 0 Å². The Labute approximate surface area is 173 Å². The largest absolute Gasteiger partial charge is 0.463 e. The Kier molecular flexibility index (Phi) is 4.63. The van der Waals surface area contributed by atoms with Crippen LogP contribution in [0.1, 0.15) is 16.1 Å². The van der Waals surface area contributed by atoms with Gasteiger partial charge in [0.1, 0.15) is 5.52 Å². The van der Waals surface area contributed by atoms with Crippen LogP contribution < -0.4 is 5.32 Å². The van der Waals surface area contributed by atoms with Gasteiger partial charge in [-0.15, -0.1) is 5.10 Å². The van der Waals surface area contributed by atoms with Gasteiger partial charge in [-0.1, -0.05) is 15.9 Å². The van der Waals surface area contributed by atoms with Crippen molar-refractivity contribution in [1.82, 2.24) is 24.5 Å². The van der Waals surface area contributed by atoms with Crippen molar-refractivity contribution >= 4 is 44.7 Å². The number of fused-ring (bicyclic) bond motifs is 1. The highest BCUT2D eigenvalue weighted by molar-refractivity contribution is 9.10. The summed E-state index contributed by atoms with van der Waals surface area (Å²) in [6.45, 7) is 1.91. The number of hydrogen-bond donors (Lipinski definition) is 2. The molecular formula is C19H15BrN6O3. The zero-order valence-corrected chi connectivity index (χ0v) is 17.0. The molecular weight excluding hydrogens is 440 g/mol. The van der Waals surface area contributed by atoms with E-state index in [0.29, 0.717) is 16.6 Å². The molecule has 3 aromatic heterocycles. The van der Waals surface area contributed by atoms with Crippen molar-refractivity contribution in [3.8, 4) is 11.3 Å². The lowest BCUT2D eigenvalue weighted by Gasteiger charge is -2.04. The zero-order valence-electron chi connectivity index (χ0n) is 15.4. The third-order valence-electron chi connectivity index (χ3n) is 4.60. The molecule has 10 heteroatoms. The third kappa shape index (κ3) is 3.38. The molecule has 4 rings (SSSR count). The first-order valence-electron chi connectivity index (χ1n) is 8.53. The quantitative estimate of drug-likeness (QED) is 0.487. The molecule has 3 heterocycles. The first-order chi connectivity index (χ1) is 13.8. The number of amides is 1. The smallest absolute Gasteiger partial charge is 0.432 e. The summed E-state index contributed by atoms with van der Waals surface area (Å²) in [6, 6.07) is 8.50. The standard InChI is InChI=1S/C19H15BrN6O3/c1-10-14(8-22-25(10)2)15-7-13-16(9-21-15)26(19(28)29)24-17(13)23-18(27)11-3-5-12(20)6-4-11/h3-9H,1-2H3,(H,28,29)(H,23,24,27). The fraction of sp³-hybridized carbons (Fsp3) is 0.105. The van der Waals surface area contributed by atoms with E-state index >= 15 is 0 Å². The molecule has 0 aliphatic heterocycles. The van der Waals surface area contributed by atoms with Crippen LogP contribution >= 0.6 is 15.9 Å². The maximum absolute atomic E-state index is 12.6. The van der Waals surface area contributed by atoms with Crippen molar-refractivity contribution in [2.75, 3.05) is 5.32 Å². The van der Waals surface area contributed by atoms with Crippen LogP contribution in [0.15, 0.2) is 47.2 Å². The fourth-order valence-corrected chi connectivity index (χ4v) is 3.20. The van der Waals surface area contributed by atoms with Gasteiger partial charge in [-0.2, -0.15) is 9.78 Å². The van der Waals surface area contributed by atoms with Crippen molar-refractivity contribution in [2.24, 2.45) is 7.05 Å². The van der Waals surface area contributed by atoms with E-state index in [1.54, 1.807) is 41.2 Å². The van der Waals surface area contributed by atoms with Gasteiger partial charge in [0.15, 0.2) is 5.82 Å². The molecule has 0 atom stereocenters. The lowest BCUT2D eigenvalue weighted by Crippen LogP contribution is -2.14. The van der Waals surface area contributed by atoms with Crippen LogP contribution in [0.5, 0.6) is 0 Å². The molecule has 0 aliphatic carbocycles. The number of carbonyl (C=O) groups excluding carboxylic acids is 1. The monoisotopic (exact) mass is 454 g/mol. The van der Waals surface area contributed by atoms with E-state index in [0.717, 1.165) is 20.4 Å². The van der Waals surface area contributed by atoms with Crippen LogP contribution in [0.25, 0.3) is 22.2 Å². The predicted molar refractivity (Wildman–Crippen MR) is 110 cm³/mol. The maximum atomic E-state index is 12.6. The van der Waals surface area contributed by atoms with Crippen LogP contribution in [-0.4, -0.2) is 41.7 Å². The number of nitrogens with one attached hydrogen (secondary N) is 1. The molecule has 29 heavy (non-hydrogen) atoms. The second kappa shape index (κ2) is 7.13. The van der Waals surface area contributed by atoms with E-state index in [9.17, 15) is 14.7 Å². The predicted octanol–water partition coefficient (Wildman–Crippen LogP) is 3.68. The summed E-state index contributed by atoms with van der Waals surface area (Å²) in [7, 11) is 1.82. The first kappa shape index (κ1) is 18.8. The number of benzene rings is 1. The number of carbonyl (C=O) groups is 2. The highest BCUT2D eigenvalue weighted by atomic mass is 79.9. The minimum atomic E-state index is -1.27. The molecule has 0 aliphatic rings. The van der Waals surface area contributed by atoms with Crippen molar-refractivity contribution in [3.05, 3.63) is 58.5 Å². The average molecular weight is 455 g/mol. The van der Waals surface area contributed by atoms with Crippen LogP contribution in [0.4, 0.5) is 10.6 Å². The molecule has 9 nitrogen and oxygen atoms in total. The molecule has 1 amide bonds. The van der Waals surface area contributed by atoms with Gasteiger partial charge in [-0.3, -0.25) is 14.5 Å². The van der Waals surface area contributed by atoms with E-state index < -0.39 is 12.0 Å². The molecule has 0 fully saturated rings. The van der Waals surface area contributed by atoms with Gasteiger partial charge in [-0.05, 0) is 37.3 Å². The normalized spacial score (nSPS) is 11.0. The Balaban J connectivity index is 1.80. The van der Waals surface area contributed by atoms with E-state index in [1.165, 1.54) is 6.20 Å². The topological polar surface area (TPSA) is 115 Å². The van der Waals surface area contributed by atoms with Crippen LogP contribution in [0.3, 0.4) is 0 Å². The van der Waals surface area contributed by atoms with Crippen LogP contribution in [0, 0.1) is 6.92 Å². The fourth-order valence-electron chi connectivity index (χ4n) is 2.93. The Morgan fingerprint density at radius 2 is 1.90 bits per heavy atom. The van der Waals surface area contributed by atoms with Crippen LogP contribution in [-0.2, 0) is 7.05 Å². The molecule has 4 aromatic rings. The lowest BCUT2D eigenvalue weighted by atomic mass is 10.1. The average Bonchev–Trinajstić information content (AvgIpc) is 3.22. The molecule has 146 valence electrons. The number of aryl methyl sites for hydroxylation is 1. The summed E-state index contributed by atoms with van der Waals surface area (Å²) < 4.78 is 3.36. The summed E-state index contributed by atoms with van der Waals surface area (Å²) in [5.41, 5.74) is 3.01. The summed E-state index contributed by atoms with van der Waals surface area (Å²) in [6.07, 6.45) is 1.84. The van der Waals surface area contributed by atoms with Gasteiger partial charge >= 0.3 is 6.09 Å². The lowest BCUT2D eigenvalue weighted by molar-refractivity contribution is 0.102. The SMILES string of the molecule is Cc1c(-c2cc3c(NC(=O)c4ccc(Br)cc4)nn(C(=O)O)c3cn2)cnn1C. The Morgan fingerprint density at radius 1 is 1.17 bits per heavy atom. The maximum Gasteiger partial charge on any atom is 0.432 e. The van der Waals surface area contributed by atoms with Crippen molar-refractivity contribution in [3.63, 3.8) is 0 Å². The molecule has 0 bridgehead atoms. The van der Waals surface area contributed by atoms with Gasteiger partial charge in [0.2, 0.25) is 0 Å². The van der Waals surface area contributed by atoms with E-state index in [2.05, 4.69) is 36.4 Å². The summed E-state index contributed by atoms with van der Waals surface area (Å²) >= 11 is 3.32. The van der Waals surface area contributed by atoms with Crippen molar-refractivity contribution in [2.45, 2.75) is 6.92 Å². The summed E-state index contributed by atoms with van der Waals surface area (Å²) in [4.78, 5) is 28.5. The Morgan fingerprint density at radius 3 is 2.52 bits per heavy atom. The van der Waals surface area contributed by atoms with Crippen molar-refractivity contribution in [1.29, 1.82) is 0 Å². The molecule has 0 saturated carbocycles. The minimum absolute atomic E-state index is 0.139. The highest BCUT2D eigenvalue weighted by Gasteiger charge is 2.19.